The number of aryl methyl sites for hydroxylation is 1. The number of pyridine rings is 1. The summed E-state index contributed by atoms with van der Waals surface area (Å²) in [6.07, 6.45) is 2.64. The zero-order chi connectivity index (χ0) is 18.7. The predicted octanol–water partition coefficient (Wildman–Crippen LogP) is 3.14. The predicted molar refractivity (Wildman–Crippen MR) is 101 cm³/mol. The maximum Gasteiger partial charge on any atom is 0.233 e. The fraction of sp³-hybridized carbons (Fsp3) is 0.278. The van der Waals surface area contributed by atoms with Crippen molar-refractivity contribution in [2.75, 3.05) is 10.5 Å². The molecule has 26 heavy (non-hydrogen) atoms. The van der Waals surface area contributed by atoms with Gasteiger partial charge in [0.2, 0.25) is 10.0 Å². The van der Waals surface area contributed by atoms with Crippen LogP contribution in [0.4, 0.5) is 5.82 Å². The number of para-hydroxylation sites is 1. The number of benzene rings is 1. The zero-order valence-corrected chi connectivity index (χ0v) is 15.4. The Morgan fingerprint density at radius 2 is 2.08 bits per heavy atom. The molecule has 8 heteroatoms. The number of aromatic nitrogens is 3. The molecule has 0 amide bonds. The molecule has 0 unspecified atom stereocenters. The van der Waals surface area contributed by atoms with Crippen LogP contribution in [0.2, 0.25) is 0 Å². The van der Waals surface area contributed by atoms with E-state index in [4.69, 9.17) is 0 Å². The number of nitrogens with zero attached hydrogens (tertiary/aromatic N) is 4. The zero-order valence-electron chi connectivity index (χ0n) is 14.6. The monoisotopic (exact) mass is 369 g/mol. The minimum atomic E-state index is -3.57. The van der Waals surface area contributed by atoms with Gasteiger partial charge in [0.25, 0.3) is 0 Å². The Morgan fingerprint density at radius 3 is 2.81 bits per heavy atom. The van der Waals surface area contributed by atoms with Gasteiger partial charge in [0.15, 0.2) is 11.6 Å². The van der Waals surface area contributed by atoms with E-state index in [0.717, 1.165) is 22.9 Å². The number of nitrogens with one attached hydrogen (secondary N) is 1. The lowest BCUT2D eigenvalue weighted by Crippen LogP contribution is -2.20. The number of fused-ring (bicyclic) bond motifs is 1. The van der Waals surface area contributed by atoms with Gasteiger partial charge < -0.3 is 0 Å². The van der Waals surface area contributed by atoms with Gasteiger partial charge in [-0.05, 0) is 31.0 Å². The fourth-order valence-electron chi connectivity index (χ4n) is 2.68. The topological polar surface area (TPSA) is 101 Å². The summed E-state index contributed by atoms with van der Waals surface area (Å²) >= 11 is 0. The second-order valence-corrected chi connectivity index (χ2v) is 7.86. The Balaban J connectivity index is 2.10. The summed E-state index contributed by atoms with van der Waals surface area (Å²) in [4.78, 5) is 4.56. The molecule has 1 aromatic carbocycles. The average Bonchev–Trinajstić information content (AvgIpc) is 3.02. The summed E-state index contributed by atoms with van der Waals surface area (Å²) in [6, 6.07) is 11.5. The molecule has 0 aliphatic carbocycles. The Labute approximate surface area is 152 Å². The van der Waals surface area contributed by atoms with E-state index in [0.29, 0.717) is 12.2 Å². The second-order valence-electron chi connectivity index (χ2n) is 6.02. The van der Waals surface area contributed by atoms with Crippen LogP contribution in [0.1, 0.15) is 30.9 Å². The van der Waals surface area contributed by atoms with Gasteiger partial charge in [0.05, 0.1) is 17.5 Å². The molecule has 0 atom stereocenters. The van der Waals surface area contributed by atoms with E-state index < -0.39 is 10.0 Å². The van der Waals surface area contributed by atoms with Crippen molar-refractivity contribution in [2.45, 2.75) is 26.7 Å². The third-order valence-electron chi connectivity index (χ3n) is 4.03. The van der Waals surface area contributed by atoms with Gasteiger partial charge >= 0.3 is 0 Å². The van der Waals surface area contributed by atoms with Crippen molar-refractivity contribution < 1.29 is 8.42 Å². The first-order valence-electron chi connectivity index (χ1n) is 8.30. The Hall–Kier alpha value is -2.92. The largest absolute Gasteiger partial charge is 0.266 e. The summed E-state index contributed by atoms with van der Waals surface area (Å²) < 4.78 is 28.5. The van der Waals surface area contributed by atoms with Gasteiger partial charge in [0.1, 0.15) is 11.6 Å². The van der Waals surface area contributed by atoms with Gasteiger partial charge in [0, 0.05) is 5.39 Å². The molecule has 1 N–H and O–H groups in total. The van der Waals surface area contributed by atoms with Crippen LogP contribution in [0.5, 0.6) is 0 Å². The van der Waals surface area contributed by atoms with Crippen molar-refractivity contribution in [1.29, 1.82) is 5.26 Å². The van der Waals surface area contributed by atoms with Crippen LogP contribution in [0.15, 0.2) is 36.5 Å². The molecule has 0 fully saturated rings. The highest BCUT2D eigenvalue weighted by Gasteiger charge is 2.19. The third kappa shape index (κ3) is 3.53. The van der Waals surface area contributed by atoms with Crippen LogP contribution in [0.3, 0.4) is 0 Å². The van der Waals surface area contributed by atoms with E-state index in [1.54, 1.807) is 0 Å². The number of hydrogen-bond acceptors (Lipinski definition) is 5. The first kappa shape index (κ1) is 17.9. The molecule has 0 bridgehead atoms. The summed E-state index contributed by atoms with van der Waals surface area (Å²) in [5, 5.41) is 14.5. The minimum Gasteiger partial charge on any atom is -0.266 e. The number of unbranched alkanes of at least 4 members (excludes halogenated alkanes) is 1. The van der Waals surface area contributed by atoms with Crippen molar-refractivity contribution in [1.82, 2.24) is 14.8 Å². The molecular weight excluding hydrogens is 350 g/mol. The molecule has 7 nitrogen and oxygen atoms in total. The number of nitriles is 1. The van der Waals surface area contributed by atoms with Crippen molar-refractivity contribution in [2.24, 2.45) is 0 Å². The fourth-order valence-corrected chi connectivity index (χ4v) is 3.94. The first-order valence-corrected chi connectivity index (χ1v) is 9.96. The highest BCUT2D eigenvalue weighted by atomic mass is 32.2. The summed E-state index contributed by atoms with van der Waals surface area (Å²) in [5.74, 6) is 0.561. The van der Waals surface area contributed by atoms with E-state index in [2.05, 4.69) is 14.8 Å². The van der Waals surface area contributed by atoms with Crippen LogP contribution >= 0.6 is 0 Å². The van der Waals surface area contributed by atoms with Crippen molar-refractivity contribution >= 4 is 26.7 Å². The van der Waals surface area contributed by atoms with Crippen LogP contribution in [-0.2, 0) is 10.0 Å². The molecule has 0 spiro atoms. The van der Waals surface area contributed by atoms with Crippen LogP contribution in [-0.4, -0.2) is 28.9 Å². The van der Waals surface area contributed by atoms with E-state index in [9.17, 15) is 13.7 Å². The highest BCUT2D eigenvalue weighted by molar-refractivity contribution is 7.92. The van der Waals surface area contributed by atoms with Crippen molar-refractivity contribution in [3.8, 4) is 11.9 Å². The van der Waals surface area contributed by atoms with E-state index in [-0.39, 0.29) is 17.1 Å². The van der Waals surface area contributed by atoms with Gasteiger partial charge in [-0.25, -0.2) is 13.4 Å². The number of rotatable bonds is 6. The standard InChI is InChI=1S/C18H19N5O2S/c1-3-4-9-26(24,25)22-18-14(11-19)12-20-23(18)17-10-13(2)15-7-5-6-8-16(15)21-17/h5-8,10,12,22H,3-4,9H2,1-2H3. The normalized spacial score (nSPS) is 11.4. The average molecular weight is 369 g/mol. The van der Waals surface area contributed by atoms with Crippen LogP contribution < -0.4 is 4.72 Å². The minimum absolute atomic E-state index is 0.0102. The molecule has 2 aromatic heterocycles. The quantitative estimate of drug-likeness (QED) is 0.719. The molecule has 134 valence electrons. The smallest absolute Gasteiger partial charge is 0.233 e. The van der Waals surface area contributed by atoms with Gasteiger partial charge in [-0.3, -0.25) is 4.72 Å². The Bertz CT molecular complexity index is 1100. The highest BCUT2D eigenvalue weighted by Crippen LogP contribution is 2.24. The molecular formula is C18H19N5O2S. The SMILES string of the molecule is CCCCS(=O)(=O)Nc1c(C#N)cnn1-c1cc(C)c2ccccc2n1. The molecule has 3 aromatic rings. The van der Waals surface area contributed by atoms with E-state index >= 15 is 0 Å². The summed E-state index contributed by atoms with van der Waals surface area (Å²) in [5.41, 5.74) is 1.91. The summed E-state index contributed by atoms with van der Waals surface area (Å²) in [6.45, 7) is 3.87. The molecule has 0 saturated carbocycles. The molecule has 0 saturated heterocycles. The van der Waals surface area contributed by atoms with Crippen LogP contribution in [0, 0.1) is 18.3 Å². The Morgan fingerprint density at radius 1 is 1.31 bits per heavy atom. The number of anilines is 1. The molecule has 0 aliphatic heterocycles. The first-order chi connectivity index (χ1) is 12.4. The lowest BCUT2D eigenvalue weighted by Gasteiger charge is -2.12. The van der Waals surface area contributed by atoms with Crippen LogP contribution in [0.25, 0.3) is 16.7 Å². The third-order valence-corrected chi connectivity index (χ3v) is 5.37. The van der Waals surface area contributed by atoms with Gasteiger partial charge in [-0.1, -0.05) is 31.5 Å². The summed E-state index contributed by atoms with van der Waals surface area (Å²) in [7, 11) is -3.57. The van der Waals surface area contributed by atoms with Gasteiger partial charge in [-0.2, -0.15) is 15.0 Å². The van der Waals surface area contributed by atoms with E-state index in [1.807, 2.05) is 50.2 Å². The molecule has 2 heterocycles. The molecule has 0 aliphatic rings. The second kappa shape index (κ2) is 7.14. The Kier molecular flexibility index (Phi) is 4.91. The van der Waals surface area contributed by atoms with E-state index in [1.165, 1.54) is 10.9 Å². The van der Waals surface area contributed by atoms with Crippen molar-refractivity contribution in [3.63, 3.8) is 0 Å². The number of hydrogen-bond donors (Lipinski definition) is 1. The maximum atomic E-state index is 12.3. The lowest BCUT2D eigenvalue weighted by molar-refractivity contribution is 0.597. The molecule has 0 radical (unpaired) electrons. The number of sulfonamides is 1. The lowest BCUT2D eigenvalue weighted by atomic mass is 10.1. The van der Waals surface area contributed by atoms with Crippen molar-refractivity contribution in [3.05, 3.63) is 47.7 Å². The van der Waals surface area contributed by atoms with Gasteiger partial charge in [-0.15, -0.1) is 0 Å². The molecule has 3 rings (SSSR count). The maximum absolute atomic E-state index is 12.3.